The zero-order valence-electron chi connectivity index (χ0n) is 11.4. The molecule has 2 heterocycles. The molecule has 106 valence electrons. The number of halogens is 1. The lowest BCUT2D eigenvalue weighted by molar-refractivity contribution is 0.0781. The first-order chi connectivity index (χ1) is 9.61. The van der Waals surface area contributed by atoms with Crippen LogP contribution < -0.4 is 5.32 Å². The first kappa shape index (κ1) is 14.3. The van der Waals surface area contributed by atoms with Gasteiger partial charge in [-0.2, -0.15) is 0 Å². The number of carbonyl (C=O) groups is 1. The molecule has 0 bridgehead atoms. The van der Waals surface area contributed by atoms with E-state index >= 15 is 0 Å². The summed E-state index contributed by atoms with van der Waals surface area (Å²) < 4.78 is 0. The van der Waals surface area contributed by atoms with E-state index in [9.17, 15) is 4.79 Å². The average Bonchev–Trinajstić information content (AvgIpc) is 2.93. The van der Waals surface area contributed by atoms with E-state index in [2.05, 4.69) is 20.3 Å². The molecule has 0 fully saturated rings. The SMILES string of the molecule is CCNc1ncc(C(=O)N(C)Cc2ncc[nH]2)cc1Cl. The van der Waals surface area contributed by atoms with Crippen molar-refractivity contribution in [2.45, 2.75) is 13.5 Å². The number of H-pyrrole nitrogens is 1. The average molecular weight is 294 g/mol. The molecule has 7 heteroatoms. The first-order valence-electron chi connectivity index (χ1n) is 6.25. The third kappa shape index (κ3) is 3.27. The highest BCUT2D eigenvalue weighted by molar-refractivity contribution is 6.33. The van der Waals surface area contributed by atoms with Crippen LogP contribution >= 0.6 is 11.6 Å². The molecule has 2 N–H and O–H groups in total. The smallest absolute Gasteiger partial charge is 0.255 e. The molecule has 1 amide bonds. The van der Waals surface area contributed by atoms with Gasteiger partial charge in [-0.15, -0.1) is 0 Å². The minimum Gasteiger partial charge on any atom is -0.369 e. The van der Waals surface area contributed by atoms with E-state index in [4.69, 9.17) is 11.6 Å². The van der Waals surface area contributed by atoms with Crippen molar-refractivity contribution in [2.24, 2.45) is 0 Å². The molecule has 0 aliphatic heterocycles. The second kappa shape index (κ2) is 6.38. The number of amides is 1. The molecule has 0 aliphatic rings. The molecular formula is C13H16ClN5O. The van der Waals surface area contributed by atoms with E-state index in [1.165, 1.54) is 6.20 Å². The summed E-state index contributed by atoms with van der Waals surface area (Å²) >= 11 is 6.09. The highest BCUT2D eigenvalue weighted by Gasteiger charge is 2.15. The van der Waals surface area contributed by atoms with Gasteiger partial charge in [-0.25, -0.2) is 9.97 Å². The Bertz CT molecular complexity index is 584. The standard InChI is InChI=1S/C13H16ClN5O/c1-3-15-12-10(14)6-9(7-18-12)13(20)19(2)8-11-16-4-5-17-11/h4-7H,3,8H2,1-2H3,(H,15,18)(H,16,17). The van der Waals surface area contributed by atoms with Gasteiger partial charge in [0.25, 0.3) is 5.91 Å². The largest absolute Gasteiger partial charge is 0.369 e. The summed E-state index contributed by atoms with van der Waals surface area (Å²) in [5, 5.41) is 3.46. The van der Waals surface area contributed by atoms with Crippen molar-refractivity contribution in [3.05, 3.63) is 41.1 Å². The van der Waals surface area contributed by atoms with E-state index in [1.807, 2.05) is 6.92 Å². The van der Waals surface area contributed by atoms with E-state index in [-0.39, 0.29) is 5.91 Å². The molecule has 2 aromatic heterocycles. The summed E-state index contributed by atoms with van der Waals surface area (Å²) in [7, 11) is 1.71. The van der Waals surface area contributed by atoms with Crippen molar-refractivity contribution >= 4 is 23.3 Å². The maximum absolute atomic E-state index is 12.3. The Kier molecular flexibility index (Phi) is 4.57. The lowest BCUT2D eigenvalue weighted by atomic mass is 10.2. The van der Waals surface area contributed by atoms with Crippen molar-refractivity contribution < 1.29 is 4.79 Å². The lowest BCUT2D eigenvalue weighted by Gasteiger charge is -2.16. The van der Waals surface area contributed by atoms with Gasteiger partial charge in [0.1, 0.15) is 11.6 Å². The predicted molar refractivity (Wildman–Crippen MR) is 77.8 cm³/mol. The molecule has 0 spiro atoms. The van der Waals surface area contributed by atoms with Crippen LogP contribution in [-0.4, -0.2) is 39.4 Å². The van der Waals surface area contributed by atoms with Crippen LogP contribution in [0.2, 0.25) is 5.02 Å². The third-order valence-electron chi connectivity index (χ3n) is 2.72. The van der Waals surface area contributed by atoms with Crippen LogP contribution in [0.5, 0.6) is 0 Å². The number of hydrogen-bond acceptors (Lipinski definition) is 4. The maximum atomic E-state index is 12.3. The highest BCUT2D eigenvalue weighted by Crippen LogP contribution is 2.20. The van der Waals surface area contributed by atoms with Crippen LogP contribution in [0.25, 0.3) is 0 Å². The molecular weight excluding hydrogens is 278 g/mol. The second-order valence-electron chi connectivity index (χ2n) is 4.28. The zero-order valence-corrected chi connectivity index (χ0v) is 12.1. The monoisotopic (exact) mass is 293 g/mol. The number of aromatic nitrogens is 3. The van der Waals surface area contributed by atoms with Gasteiger partial charge in [-0.3, -0.25) is 4.79 Å². The fraction of sp³-hybridized carbons (Fsp3) is 0.308. The Labute approximate surface area is 122 Å². The molecule has 0 aromatic carbocycles. The van der Waals surface area contributed by atoms with E-state index in [0.29, 0.717) is 22.9 Å². The van der Waals surface area contributed by atoms with Gasteiger partial charge < -0.3 is 15.2 Å². The minimum atomic E-state index is -0.154. The Balaban J connectivity index is 2.10. The van der Waals surface area contributed by atoms with E-state index in [0.717, 1.165) is 12.4 Å². The Hall–Kier alpha value is -2.08. The molecule has 6 nitrogen and oxygen atoms in total. The highest BCUT2D eigenvalue weighted by atomic mass is 35.5. The quantitative estimate of drug-likeness (QED) is 0.886. The fourth-order valence-corrected chi connectivity index (χ4v) is 1.99. The Morgan fingerprint density at radius 2 is 2.30 bits per heavy atom. The van der Waals surface area contributed by atoms with Crippen LogP contribution in [0.15, 0.2) is 24.7 Å². The van der Waals surface area contributed by atoms with Gasteiger partial charge in [0, 0.05) is 32.2 Å². The molecule has 2 aromatic rings. The third-order valence-corrected chi connectivity index (χ3v) is 3.01. The summed E-state index contributed by atoms with van der Waals surface area (Å²) in [6.45, 7) is 3.07. The molecule has 0 saturated carbocycles. The van der Waals surface area contributed by atoms with E-state index < -0.39 is 0 Å². The van der Waals surface area contributed by atoms with Crippen molar-refractivity contribution in [2.75, 3.05) is 18.9 Å². The van der Waals surface area contributed by atoms with Gasteiger partial charge in [0.15, 0.2) is 0 Å². The van der Waals surface area contributed by atoms with Crippen LogP contribution in [0, 0.1) is 0 Å². The maximum Gasteiger partial charge on any atom is 0.255 e. The van der Waals surface area contributed by atoms with Gasteiger partial charge >= 0.3 is 0 Å². The molecule has 0 unspecified atom stereocenters. The summed E-state index contributed by atoms with van der Waals surface area (Å²) in [6, 6.07) is 1.62. The molecule has 0 radical (unpaired) electrons. The lowest BCUT2D eigenvalue weighted by Crippen LogP contribution is -2.26. The molecule has 20 heavy (non-hydrogen) atoms. The molecule has 0 saturated heterocycles. The summed E-state index contributed by atoms with van der Waals surface area (Å²) in [6.07, 6.45) is 4.89. The van der Waals surface area contributed by atoms with Crippen LogP contribution in [-0.2, 0) is 6.54 Å². The number of pyridine rings is 1. The van der Waals surface area contributed by atoms with Crippen molar-refractivity contribution in [1.82, 2.24) is 19.9 Å². The topological polar surface area (TPSA) is 73.9 Å². The van der Waals surface area contributed by atoms with Crippen molar-refractivity contribution in [3.8, 4) is 0 Å². The van der Waals surface area contributed by atoms with Gasteiger partial charge in [0.2, 0.25) is 0 Å². The minimum absolute atomic E-state index is 0.154. The number of nitrogens with one attached hydrogen (secondary N) is 2. The van der Waals surface area contributed by atoms with E-state index in [1.54, 1.807) is 30.4 Å². The molecule has 0 atom stereocenters. The summed E-state index contributed by atoms with van der Waals surface area (Å²) in [5.41, 5.74) is 0.450. The first-order valence-corrected chi connectivity index (χ1v) is 6.62. The Morgan fingerprint density at radius 3 is 2.90 bits per heavy atom. The van der Waals surface area contributed by atoms with Crippen LogP contribution in [0.4, 0.5) is 5.82 Å². The van der Waals surface area contributed by atoms with Crippen LogP contribution in [0.1, 0.15) is 23.1 Å². The zero-order chi connectivity index (χ0) is 14.5. The number of imidazole rings is 1. The Morgan fingerprint density at radius 1 is 1.50 bits per heavy atom. The number of rotatable bonds is 5. The number of anilines is 1. The van der Waals surface area contributed by atoms with Crippen molar-refractivity contribution in [3.63, 3.8) is 0 Å². The summed E-state index contributed by atoms with van der Waals surface area (Å²) in [5.74, 6) is 1.16. The molecule has 0 aliphatic carbocycles. The number of carbonyl (C=O) groups excluding carboxylic acids is 1. The van der Waals surface area contributed by atoms with Gasteiger partial charge in [-0.1, -0.05) is 11.6 Å². The van der Waals surface area contributed by atoms with Gasteiger partial charge in [-0.05, 0) is 13.0 Å². The fourth-order valence-electron chi connectivity index (χ4n) is 1.75. The molecule has 2 rings (SSSR count). The second-order valence-corrected chi connectivity index (χ2v) is 4.69. The number of nitrogens with zero attached hydrogens (tertiary/aromatic N) is 3. The van der Waals surface area contributed by atoms with Crippen molar-refractivity contribution in [1.29, 1.82) is 0 Å². The van der Waals surface area contributed by atoms with Gasteiger partial charge in [0.05, 0.1) is 17.1 Å². The number of hydrogen-bond donors (Lipinski definition) is 2. The predicted octanol–water partition coefficient (Wildman–Crippen LogP) is 2.16. The van der Waals surface area contributed by atoms with Crippen LogP contribution in [0.3, 0.4) is 0 Å². The summed E-state index contributed by atoms with van der Waals surface area (Å²) in [4.78, 5) is 25.0. The number of aromatic amines is 1. The normalized spacial score (nSPS) is 10.3.